The van der Waals surface area contributed by atoms with Crippen LogP contribution in [0, 0.1) is 0 Å². The third-order valence-electron chi connectivity index (χ3n) is 1.11. The first-order valence-electron chi connectivity index (χ1n) is 3.74. The first-order chi connectivity index (χ1) is 5.66. The monoisotopic (exact) mass is 226 g/mol. The maximum absolute atomic E-state index is 10.7. The number of carbonyl (C=O) groups excluding carboxylic acids is 1. The zero-order chi connectivity index (χ0) is 9.40. The molecule has 0 aliphatic carbocycles. The fourth-order valence-corrected chi connectivity index (χ4v) is 2.00. The van der Waals surface area contributed by atoms with E-state index in [2.05, 4.69) is 0 Å². The summed E-state index contributed by atoms with van der Waals surface area (Å²) in [4.78, 5) is 10.7. The van der Waals surface area contributed by atoms with Gasteiger partial charge in [0.2, 0.25) is 7.42 Å². The minimum absolute atomic E-state index is 0.306. The molecule has 0 unspecified atom stereocenters. The van der Waals surface area contributed by atoms with Gasteiger partial charge in [0.15, 0.2) is 0 Å². The van der Waals surface area contributed by atoms with Crippen molar-refractivity contribution in [1.29, 1.82) is 0 Å². The molecule has 0 aromatic heterocycles. The van der Waals surface area contributed by atoms with Crippen molar-refractivity contribution < 1.29 is 9.53 Å². The van der Waals surface area contributed by atoms with Gasteiger partial charge < -0.3 is 4.74 Å². The number of ether oxygens (including phenoxy) is 1. The van der Waals surface area contributed by atoms with Gasteiger partial charge >= 0.3 is 5.97 Å². The van der Waals surface area contributed by atoms with Crippen molar-refractivity contribution in [2.24, 2.45) is 0 Å². The van der Waals surface area contributed by atoms with Crippen LogP contribution in [-0.4, -0.2) is 20.0 Å². The van der Waals surface area contributed by atoms with E-state index in [0.717, 1.165) is 12.5 Å². The predicted molar refractivity (Wildman–Crippen MR) is 54.1 cm³/mol. The molecule has 70 valence electrons. The Bertz CT molecular complexity index is 159. The lowest BCUT2D eigenvalue weighted by atomic mass is 10.5. The third kappa shape index (κ3) is 8.11. The highest BCUT2D eigenvalue weighted by Crippen LogP contribution is 2.05. The Morgan fingerprint density at radius 3 is 2.75 bits per heavy atom. The van der Waals surface area contributed by atoms with E-state index in [-0.39, 0.29) is 5.97 Å². The van der Waals surface area contributed by atoms with E-state index in [9.17, 15) is 4.79 Å². The molecule has 0 aliphatic rings. The van der Waals surface area contributed by atoms with E-state index in [1.165, 1.54) is 6.08 Å². The largest absolute Gasteiger partial charge is 0.463 e. The standard InChI is InChI=1S/C7H12Cl2O2Si/c1-2-4-7(10)11-5-3-6-12(8)9/h2,4,12H,3,5-6H2,1H3. The molecule has 0 saturated carbocycles. The highest BCUT2D eigenvalue weighted by atomic mass is 35.7. The normalized spacial score (nSPS) is 11.0. The summed E-state index contributed by atoms with van der Waals surface area (Å²) in [7, 11) is -1.51. The number of hydrogen-bond donors (Lipinski definition) is 0. The van der Waals surface area contributed by atoms with E-state index in [0.29, 0.717) is 6.61 Å². The van der Waals surface area contributed by atoms with Crippen LogP contribution in [0.3, 0.4) is 0 Å². The van der Waals surface area contributed by atoms with Gasteiger partial charge in [-0.15, -0.1) is 0 Å². The number of hydrogen-bond acceptors (Lipinski definition) is 2. The molecule has 12 heavy (non-hydrogen) atoms. The molecule has 5 heteroatoms. The molecular weight excluding hydrogens is 215 g/mol. The van der Waals surface area contributed by atoms with E-state index in [4.69, 9.17) is 26.9 Å². The molecular formula is C7H12Cl2O2Si. The van der Waals surface area contributed by atoms with Crippen LogP contribution in [0.2, 0.25) is 6.04 Å². The third-order valence-corrected chi connectivity index (χ3v) is 3.27. The summed E-state index contributed by atoms with van der Waals surface area (Å²) in [5, 5.41) is 0. The van der Waals surface area contributed by atoms with Crippen LogP contribution in [0.5, 0.6) is 0 Å². The van der Waals surface area contributed by atoms with Gasteiger partial charge in [0, 0.05) is 6.08 Å². The number of carbonyl (C=O) groups is 1. The minimum atomic E-state index is -1.51. The summed E-state index contributed by atoms with van der Waals surface area (Å²) in [5.41, 5.74) is 0. The molecule has 0 saturated heterocycles. The van der Waals surface area contributed by atoms with Gasteiger partial charge in [0.25, 0.3) is 0 Å². The topological polar surface area (TPSA) is 26.3 Å². The Kier molecular flexibility index (Phi) is 7.65. The van der Waals surface area contributed by atoms with Gasteiger partial charge in [-0.2, -0.15) is 22.2 Å². The van der Waals surface area contributed by atoms with Crippen LogP contribution in [0.15, 0.2) is 12.2 Å². The fourth-order valence-electron chi connectivity index (χ4n) is 0.595. The summed E-state index contributed by atoms with van der Waals surface area (Å²) in [6, 6.07) is 0.784. The van der Waals surface area contributed by atoms with Gasteiger partial charge in [0.1, 0.15) is 0 Å². The van der Waals surface area contributed by atoms with Crippen LogP contribution in [0.1, 0.15) is 13.3 Å². The molecule has 0 atom stereocenters. The highest BCUT2D eigenvalue weighted by molar-refractivity contribution is 7.33. The van der Waals surface area contributed by atoms with Crippen LogP contribution < -0.4 is 0 Å². The van der Waals surface area contributed by atoms with Gasteiger partial charge in [-0.05, 0) is 19.4 Å². The Hall–Kier alpha value is 0.00688. The molecule has 0 heterocycles. The fraction of sp³-hybridized carbons (Fsp3) is 0.571. The second kappa shape index (κ2) is 7.65. The van der Waals surface area contributed by atoms with Gasteiger partial charge in [-0.3, -0.25) is 0 Å². The number of esters is 1. The smallest absolute Gasteiger partial charge is 0.330 e. The quantitative estimate of drug-likeness (QED) is 0.236. The first-order valence-corrected chi connectivity index (χ1v) is 8.05. The number of allylic oxidation sites excluding steroid dienone is 1. The lowest BCUT2D eigenvalue weighted by Crippen LogP contribution is -2.03. The van der Waals surface area contributed by atoms with E-state index in [1.54, 1.807) is 13.0 Å². The van der Waals surface area contributed by atoms with Crippen molar-refractivity contribution in [3.05, 3.63) is 12.2 Å². The summed E-state index contributed by atoms with van der Waals surface area (Å²) >= 11 is 11.2. The first kappa shape index (κ1) is 12.0. The van der Waals surface area contributed by atoms with Crippen molar-refractivity contribution in [3.8, 4) is 0 Å². The molecule has 0 amide bonds. The zero-order valence-corrected chi connectivity index (χ0v) is 9.59. The van der Waals surface area contributed by atoms with Crippen LogP contribution in [-0.2, 0) is 9.53 Å². The molecule has 0 bridgehead atoms. The van der Waals surface area contributed by atoms with E-state index in [1.807, 2.05) is 0 Å². The molecule has 0 N–H and O–H groups in total. The molecule has 0 rings (SSSR count). The van der Waals surface area contributed by atoms with Crippen LogP contribution in [0.4, 0.5) is 0 Å². The van der Waals surface area contributed by atoms with Crippen LogP contribution in [0.25, 0.3) is 0 Å². The Labute approximate surface area is 83.5 Å². The molecule has 0 aliphatic heterocycles. The zero-order valence-electron chi connectivity index (χ0n) is 6.93. The average Bonchev–Trinajstić information content (AvgIpc) is 1.98. The Balaban J connectivity index is 3.25. The molecule has 0 fully saturated rings. The van der Waals surface area contributed by atoms with Crippen molar-refractivity contribution in [3.63, 3.8) is 0 Å². The molecule has 0 aromatic rings. The Morgan fingerprint density at radius 2 is 2.25 bits per heavy atom. The lowest BCUT2D eigenvalue weighted by molar-refractivity contribution is -0.137. The average molecular weight is 227 g/mol. The molecule has 0 aromatic carbocycles. The van der Waals surface area contributed by atoms with Gasteiger partial charge in [-0.1, -0.05) is 6.08 Å². The predicted octanol–water partition coefficient (Wildman–Crippen LogP) is 2.19. The summed E-state index contributed by atoms with van der Waals surface area (Å²) in [5.74, 6) is -0.306. The maximum Gasteiger partial charge on any atom is 0.330 e. The second-order valence-corrected chi connectivity index (χ2v) is 7.39. The minimum Gasteiger partial charge on any atom is -0.463 e. The molecule has 0 spiro atoms. The lowest BCUT2D eigenvalue weighted by Gasteiger charge is -2.00. The van der Waals surface area contributed by atoms with Gasteiger partial charge in [0.05, 0.1) is 6.61 Å². The summed E-state index contributed by atoms with van der Waals surface area (Å²) in [6.45, 7) is 2.17. The summed E-state index contributed by atoms with van der Waals surface area (Å²) in [6.07, 6.45) is 3.78. The van der Waals surface area contributed by atoms with Crippen molar-refractivity contribution in [2.45, 2.75) is 19.4 Å². The SMILES string of the molecule is CC=CC(=O)OCCC[SiH](Cl)Cl. The van der Waals surface area contributed by atoms with Gasteiger partial charge in [-0.25, -0.2) is 4.79 Å². The maximum atomic E-state index is 10.7. The van der Waals surface area contributed by atoms with Crippen molar-refractivity contribution in [1.82, 2.24) is 0 Å². The van der Waals surface area contributed by atoms with E-state index < -0.39 is 7.42 Å². The van der Waals surface area contributed by atoms with E-state index >= 15 is 0 Å². The number of halogens is 2. The molecule has 0 radical (unpaired) electrons. The Morgan fingerprint density at radius 1 is 1.58 bits per heavy atom. The summed E-state index contributed by atoms with van der Waals surface area (Å²) < 4.78 is 4.81. The van der Waals surface area contributed by atoms with Crippen LogP contribution >= 0.6 is 22.2 Å². The molecule has 2 nitrogen and oxygen atoms in total. The number of rotatable bonds is 5. The highest BCUT2D eigenvalue weighted by Gasteiger charge is 2.02. The van der Waals surface area contributed by atoms with Crippen molar-refractivity contribution >= 4 is 35.5 Å². The van der Waals surface area contributed by atoms with Crippen molar-refractivity contribution in [2.75, 3.05) is 6.61 Å². The second-order valence-electron chi connectivity index (χ2n) is 2.20.